The zero-order valence-corrected chi connectivity index (χ0v) is 11.3. The van der Waals surface area contributed by atoms with Gasteiger partial charge in [0.25, 0.3) is 0 Å². The molecule has 0 aromatic rings. The van der Waals surface area contributed by atoms with Gasteiger partial charge in [0.2, 0.25) is 0 Å². The van der Waals surface area contributed by atoms with Crippen LogP contribution in [0.25, 0.3) is 0 Å². The molecule has 2 rings (SSSR count). The van der Waals surface area contributed by atoms with Crippen molar-refractivity contribution in [1.82, 2.24) is 4.90 Å². The molecule has 0 amide bonds. The van der Waals surface area contributed by atoms with Crippen LogP contribution in [0.5, 0.6) is 0 Å². The highest BCUT2D eigenvalue weighted by Crippen LogP contribution is 2.39. The number of thiol groups is 1. The van der Waals surface area contributed by atoms with E-state index in [0.29, 0.717) is 5.41 Å². The van der Waals surface area contributed by atoms with Crippen LogP contribution in [0.2, 0.25) is 0 Å². The first kappa shape index (κ1) is 12.1. The molecule has 1 aliphatic carbocycles. The summed E-state index contributed by atoms with van der Waals surface area (Å²) in [6, 6.07) is 0. The Morgan fingerprint density at radius 1 is 1.07 bits per heavy atom. The van der Waals surface area contributed by atoms with Gasteiger partial charge in [-0.05, 0) is 42.7 Å². The monoisotopic (exact) mass is 245 g/mol. The molecule has 1 heterocycles. The van der Waals surface area contributed by atoms with E-state index in [2.05, 4.69) is 29.3 Å². The normalized spacial score (nSPS) is 27.8. The van der Waals surface area contributed by atoms with Crippen molar-refractivity contribution >= 4 is 24.4 Å². The van der Waals surface area contributed by atoms with Crippen LogP contribution < -0.4 is 0 Å². The molecule has 2 fully saturated rings. The molecule has 0 aromatic carbocycles. The Balaban J connectivity index is 1.87. The topological polar surface area (TPSA) is 3.24 Å². The second-order valence-electron chi connectivity index (χ2n) is 5.11. The highest BCUT2D eigenvalue weighted by atomic mass is 32.2. The molecular weight excluding hydrogens is 222 g/mol. The van der Waals surface area contributed by atoms with Crippen LogP contribution in [0.15, 0.2) is 0 Å². The van der Waals surface area contributed by atoms with Gasteiger partial charge in [-0.25, -0.2) is 0 Å². The zero-order chi connectivity index (χ0) is 10.6. The zero-order valence-electron chi connectivity index (χ0n) is 9.58. The van der Waals surface area contributed by atoms with E-state index in [-0.39, 0.29) is 0 Å². The first-order valence-electron chi connectivity index (χ1n) is 6.26. The van der Waals surface area contributed by atoms with E-state index in [1.807, 2.05) is 0 Å². The fourth-order valence-electron chi connectivity index (χ4n) is 2.92. The molecule has 0 atom stereocenters. The van der Waals surface area contributed by atoms with Gasteiger partial charge in [0.1, 0.15) is 0 Å². The summed E-state index contributed by atoms with van der Waals surface area (Å²) in [6.07, 6.45) is 7.08. The quantitative estimate of drug-likeness (QED) is 0.762. The Morgan fingerprint density at radius 2 is 1.87 bits per heavy atom. The molecule has 2 aliphatic rings. The van der Waals surface area contributed by atoms with Gasteiger partial charge in [0.05, 0.1) is 0 Å². The fraction of sp³-hybridized carbons (Fsp3) is 1.00. The summed E-state index contributed by atoms with van der Waals surface area (Å²) >= 11 is 6.72. The second kappa shape index (κ2) is 5.83. The lowest BCUT2D eigenvalue weighted by molar-refractivity contribution is 0.181. The first-order chi connectivity index (χ1) is 7.35. The first-order valence-corrected chi connectivity index (χ1v) is 8.04. The second-order valence-corrected chi connectivity index (χ2v) is 6.65. The average Bonchev–Trinajstić information content (AvgIpc) is 2.57. The number of hydrogen-bond donors (Lipinski definition) is 1. The van der Waals surface area contributed by atoms with Crippen LogP contribution in [0.1, 0.15) is 32.1 Å². The molecule has 88 valence electrons. The maximum Gasteiger partial charge on any atom is 0.00726 e. The maximum absolute atomic E-state index is 4.60. The van der Waals surface area contributed by atoms with Crippen LogP contribution in [-0.4, -0.2) is 41.8 Å². The smallest absolute Gasteiger partial charge is 0.00726 e. The molecule has 0 spiro atoms. The van der Waals surface area contributed by atoms with Gasteiger partial charge in [0, 0.05) is 18.8 Å². The van der Waals surface area contributed by atoms with E-state index >= 15 is 0 Å². The van der Waals surface area contributed by atoms with Gasteiger partial charge in [-0.2, -0.15) is 24.4 Å². The summed E-state index contributed by atoms with van der Waals surface area (Å²) < 4.78 is 0. The van der Waals surface area contributed by atoms with E-state index < -0.39 is 0 Å². The summed E-state index contributed by atoms with van der Waals surface area (Å²) in [5, 5.41) is 0. The van der Waals surface area contributed by atoms with Gasteiger partial charge >= 0.3 is 0 Å². The fourth-order valence-corrected chi connectivity index (χ4v) is 4.26. The van der Waals surface area contributed by atoms with E-state index in [1.165, 1.54) is 63.2 Å². The highest BCUT2D eigenvalue weighted by molar-refractivity contribution is 7.99. The van der Waals surface area contributed by atoms with Gasteiger partial charge in [-0.15, -0.1) is 0 Å². The Labute approximate surface area is 104 Å². The molecule has 0 radical (unpaired) electrons. The van der Waals surface area contributed by atoms with Gasteiger partial charge in [-0.3, -0.25) is 0 Å². The van der Waals surface area contributed by atoms with Gasteiger partial charge in [0.15, 0.2) is 0 Å². The Morgan fingerprint density at radius 3 is 2.60 bits per heavy atom. The standard InChI is InChI=1S/C12H23NS2/c14-11-12(4-1-2-5-12)10-13-6-3-8-15-9-7-13/h14H,1-11H2. The predicted octanol–water partition coefficient (Wildman–Crippen LogP) is 2.92. The molecule has 0 aromatic heterocycles. The van der Waals surface area contributed by atoms with Crippen LogP contribution in [-0.2, 0) is 0 Å². The lowest BCUT2D eigenvalue weighted by Crippen LogP contribution is -2.38. The van der Waals surface area contributed by atoms with E-state index in [9.17, 15) is 0 Å². The Bertz CT molecular complexity index is 182. The number of hydrogen-bond acceptors (Lipinski definition) is 3. The van der Waals surface area contributed by atoms with Crippen molar-refractivity contribution in [3.63, 3.8) is 0 Å². The number of rotatable bonds is 3. The summed E-state index contributed by atoms with van der Waals surface area (Å²) in [5.41, 5.74) is 0.568. The third-order valence-corrected chi connectivity index (χ3v) is 5.59. The number of nitrogens with zero attached hydrogens (tertiary/aromatic N) is 1. The van der Waals surface area contributed by atoms with Crippen LogP contribution in [0, 0.1) is 5.41 Å². The minimum Gasteiger partial charge on any atom is -0.302 e. The van der Waals surface area contributed by atoms with Crippen LogP contribution >= 0.6 is 24.4 Å². The van der Waals surface area contributed by atoms with Crippen molar-refractivity contribution in [3.8, 4) is 0 Å². The molecule has 1 saturated heterocycles. The molecule has 15 heavy (non-hydrogen) atoms. The average molecular weight is 245 g/mol. The molecule has 0 unspecified atom stereocenters. The SMILES string of the molecule is SCC1(CN2CCCSCC2)CCCC1. The molecular formula is C12H23NS2. The Kier molecular flexibility index (Phi) is 4.71. The van der Waals surface area contributed by atoms with E-state index in [0.717, 1.165) is 5.75 Å². The summed E-state index contributed by atoms with van der Waals surface area (Å²) in [7, 11) is 0. The summed E-state index contributed by atoms with van der Waals surface area (Å²) in [6.45, 7) is 3.94. The van der Waals surface area contributed by atoms with Crippen molar-refractivity contribution in [1.29, 1.82) is 0 Å². The molecule has 1 aliphatic heterocycles. The summed E-state index contributed by atoms with van der Waals surface area (Å²) in [5.74, 6) is 3.80. The van der Waals surface area contributed by atoms with Crippen molar-refractivity contribution in [2.24, 2.45) is 5.41 Å². The largest absolute Gasteiger partial charge is 0.302 e. The summed E-state index contributed by atoms with van der Waals surface area (Å²) in [4.78, 5) is 2.70. The van der Waals surface area contributed by atoms with Crippen LogP contribution in [0.3, 0.4) is 0 Å². The minimum absolute atomic E-state index is 0.568. The lowest BCUT2D eigenvalue weighted by atomic mass is 9.88. The third kappa shape index (κ3) is 3.31. The molecule has 1 saturated carbocycles. The molecule has 1 nitrogen and oxygen atoms in total. The van der Waals surface area contributed by atoms with E-state index in [1.54, 1.807) is 0 Å². The van der Waals surface area contributed by atoms with Crippen LogP contribution in [0.4, 0.5) is 0 Å². The lowest BCUT2D eigenvalue weighted by Gasteiger charge is -2.33. The molecule has 0 bridgehead atoms. The minimum atomic E-state index is 0.568. The van der Waals surface area contributed by atoms with Crippen molar-refractivity contribution in [3.05, 3.63) is 0 Å². The predicted molar refractivity (Wildman–Crippen MR) is 73.1 cm³/mol. The Hall–Kier alpha value is 0.660. The third-order valence-electron chi connectivity index (χ3n) is 3.87. The maximum atomic E-state index is 4.60. The van der Waals surface area contributed by atoms with E-state index in [4.69, 9.17) is 0 Å². The van der Waals surface area contributed by atoms with Crippen molar-refractivity contribution in [2.45, 2.75) is 32.1 Å². The molecule has 3 heteroatoms. The molecule has 0 N–H and O–H groups in total. The number of thioether (sulfide) groups is 1. The van der Waals surface area contributed by atoms with Crippen molar-refractivity contribution < 1.29 is 0 Å². The highest BCUT2D eigenvalue weighted by Gasteiger charge is 2.34. The van der Waals surface area contributed by atoms with Gasteiger partial charge < -0.3 is 4.90 Å². The van der Waals surface area contributed by atoms with Gasteiger partial charge in [-0.1, -0.05) is 12.8 Å². The van der Waals surface area contributed by atoms with Crippen molar-refractivity contribution in [2.75, 3.05) is 36.9 Å².